The predicted octanol–water partition coefficient (Wildman–Crippen LogP) is 3.64. The van der Waals surface area contributed by atoms with Crippen molar-refractivity contribution < 1.29 is 14.3 Å². The highest BCUT2D eigenvalue weighted by Crippen LogP contribution is 2.34. The van der Waals surface area contributed by atoms with Gasteiger partial charge in [0.15, 0.2) is 11.6 Å². The fourth-order valence-corrected chi connectivity index (χ4v) is 2.66. The molecule has 0 fully saturated rings. The maximum atomic E-state index is 12.4. The maximum absolute atomic E-state index is 12.4. The second-order valence-corrected chi connectivity index (χ2v) is 5.44. The molecule has 0 aromatic heterocycles. The molecule has 0 aliphatic heterocycles. The normalized spacial score (nSPS) is 14.6. The maximum Gasteiger partial charge on any atom is 0.178 e. The molecule has 0 bridgehead atoms. The van der Waals surface area contributed by atoms with Crippen molar-refractivity contribution in [3.8, 4) is 5.75 Å². The molecule has 0 spiro atoms. The van der Waals surface area contributed by atoms with Gasteiger partial charge in [0.05, 0.1) is 6.10 Å². The van der Waals surface area contributed by atoms with Crippen LogP contribution in [0.2, 0.25) is 0 Å². The Morgan fingerprint density at radius 2 is 1.38 bits per heavy atom. The number of Topliss-reactive ketones (excluding diaryl/α,β-unsaturated/α-hetero) is 2. The molecule has 3 rings (SSSR count). The summed E-state index contributed by atoms with van der Waals surface area (Å²) < 4.78 is 5.58. The van der Waals surface area contributed by atoms with Crippen molar-refractivity contribution in [2.45, 2.75) is 25.9 Å². The summed E-state index contributed by atoms with van der Waals surface area (Å²) in [7, 11) is 0. The number of ketones is 2. The zero-order valence-electron chi connectivity index (χ0n) is 12.0. The molecule has 21 heavy (non-hydrogen) atoms. The standard InChI is InChI=1S/C18H16O3/c1-11(2)21-13-9-7-12(8-10-13)16-17(19)14-5-3-4-6-15(14)18(16)20/h3-11,16H,1-2H3. The van der Waals surface area contributed by atoms with Gasteiger partial charge in [0.25, 0.3) is 0 Å². The van der Waals surface area contributed by atoms with E-state index in [0.29, 0.717) is 11.1 Å². The van der Waals surface area contributed by atoms with Crippen LogP contribution in [0.1, 0.15) is 46.0 Å². The Kier molecular flexibility index (Phi) is 3.34. The smallest absolute Gasteiger partial charge is 0.178 e. The van der Waals surface area contributed by atoms with E-state index in [2.05, 4.69) is 0 Å². The molecule has 2 aromatic rings. The van der Waals surface area contributed by atoms with E-state index in [9.17, 15) is 9.59 Å². The van der Waals surface area contributed by atoms with Gasteiger partial charge >= 0.3 is 0 Å². The van der Waals surface area contributed by atoms with Crippen LogP contribution in [0.3, 0.4) is 0 Å². The molecular weight excluding hydrogens is 264 g/mol. The lowest BCUT2D eigenvalue weighted by molar-refractivity contribution is 0.0890. The van der Waals surface area contributed by atoms with Crippen molar-refractivity contribution in [2.75, 3.05) is 0 Å². The summed E-state index contributed by atoms with van der Waals surface area (Å²) in [5.41, 5.74) is 1.77. The van der Waals surface area contributed by atoms with Crippen molar-refractivity contribution >= 4 is 11.6 Å². The fourth-order valence-electron chi connectivity index (χ4n) is 2.66. The van der Waals surface area contributed by atoms with Gasteiger partial charge in [0.1, 0.15) is 11.7 Å². The van der Waals surface area contributed by atoms with E-state index >= 15 is 0 Å². The van der Waals surface area contributed by atoms with Crippen LogP contribution < -0.4 is 4.74 Å². The van der Waals surface area contributed by atoms with Crippen LogP contribution in [0.15, 0.2) is 48.5 Å². The van der Waals surface area contributed by atoms with E-state index in [1.54, 1.807) is 48.5 Å². The Hall–Kier alpha value is -2.42. The van der Waals surface area contributed by atoms with Crippen molar-refractivity contribution in [3.05, 3.63) is 65.2 Å². The van der Waals surface area contributed by atoms with Gasteiger partial charge in [-0.2, -0.15) is 0 Å². The zero-order chi connectivity index (χ0) is 15.0. The van der Waals surface area contributed by atoms with E-state index in [0.717, 1.165) is 11.3 Å². The van der Waals surface area contributed by atoms with E-state index in [1.807, 2.05) is 13.8 Å². The molecule has 106 valence electrons. The molecule has 0 amide bonds. The van der Waals surface area contributed by atoms with Crippen molar-refractivity contribution in [1.82, 2.24) is 0 Å². The topological polar surface area (TPSA) is 43.4 Å². The first-order valence-corrected chi connectivity index (χ1v) is 7.02. The molecule has 0 atom stereocenters. The van der Waals surface area contributed by atoms with Gasteiger partial charge in [-0.15, -0.1) is 0 Å². The highest BCUT2D eigenvalue weighted by Gasteiger charge is 2.39. The van der Waals surface area contributed by atoms with Gasteiger partial charge in [-0.05, 0) is 31.5 Å². The molecule has 0 unspecified atom stereocenters. The van der Waals surface area contributed by atoms with E-state index < -0.39 is 5.92 Å². The quantitative estimate of drug-likeness (QED) is 0.806. The predicted molar refractivity (Wildman–Crippen MR) is 80.1 cm³/mol. The number of fused-ring (bicyclic) bond motifs is 1. The molecule has 3 heteroatoms. The highest BCUT2D eigenvalue weighted by molar-refractivity contribution is 6.29. The lowest BCUT2D eigenvalue weighted by atomic mass is 9.94. The Labute approximate surface area is 123 Å². The van der Waals surface area contributed by atoms with Crippen LogP contribution in [-0.4, -0.2) is 17.7 Å². The minimum atomic E-state index is -0.713. The largest absolute Gasteiger partial charge is 0.491 e. The highest BCUT2D eigenvalue weighted by atomic mass is 16.5. The number of rotatable bonds is 3. The van der Waals surface area contributed by atoms with Crippen LogP contribution >= 0.6 is 0 Å². The van der Waals surface area contributed by atoms with Gasteiger partial charge < -0.3 is 4.74 Å². The molecule has 0 N–H and O–H groups in total. The summed E-state index contributed by atoms with van der Waals surface area (Å²) >= 11 is 0. The molecule has 1 aliphatic carbocycles. The summed E-state index contributed by atoms with van der Waals surface area (Å²) in [5.74, 6) is -0.207. The lowest BCUT2D eigenvalue weighted by Gasteiger charge is -2.11. The third-order valence-corrected chi connectivity index (χ3v) is 3.57. The molecule has 0 heterocycles. The lowest BCUT2D eigenvalue weighted by Crippen LogP contribution is -2.13. The number of hydrogen-bond donors (Lipinski definition) is 0. The number of carbonyl (C=O) groups is 2. The van der Waals surface area contributed by atoms with Crippen LogP contribution in [0.5, 0.6) is 5.75 Å². The number of hydrogen-bond acceptors (Lipinski definition) is 3. The minimum Gasteiger partial charge on any atom is -0.491 e. The average molecular weight is 280 g/mol. The third-order valence-electron chi connectivity index (χ3n) is 3.57. The van der Waals surface area contributed by atoms with E-state index in [-0.39, 0.29) is 17.7 Å². The zero-order valence-corrected chi connectivity index (χ0v) is 12.0. The van der Waals surface area contributed by atoms with Crippen molar-refractivity contribution in [1.29, 1.82) is 0 Å². The van der Waals surface area contributed by atoms with Crippen LogP contribution in [0.4, 0.5) is 0 Å². The van der Waals surface area contributed by atoms with Gasteiger partial charge in [-0.1, -0.05) is 36.4 Å². The monoisotopic (exact) mass is 280 g/mol. The van der Waals surface area contributed by atoms with Crippen molar-refractivity contribution in [3.63, 3.8) is 0 Å². The first-order valence-electron chi connectivity index (χ1n) is 7.02. The summed E-state index contributed by atoms with van der Waals surface area (Å²) in [4.78, 5) is 24.8. The SMILES string of the molecule is CC(C)Oc1ccc(C2C(=O)c3ccccc3C2=O)cc1. The summed E-state index contributed by atoms with van der Waals surface area (Å²) in [6.07, 6.45) is 0.0925. The number of carbonyl (C=O) groups excluding carboxylic acids is 2. The first kappa shape index (κ1) is 13.6. The Morgan fingerprint density at radius 1 is 0.857 bits per heavy atom. The Bertz CT molecular complexity index is 664. The summed E-state index contributed by atoms with van der Waals surface area (Å²) in [5, 5.41) is 0. The van der Waals surface area contributed by atoms with E-state index in [1.165, 1.54) is 0 Å². The van der Waals surface area contributed by atoms with E-state index in [4.69, 9.17) is 4.74 Å². The molecule has 1 aliphatic rings. The third kappa shape index (κ3) is 2.35. The summed E-state index contributed by atoms with van der Waals surface area (Å²) in [6, 6.07) is 14.2. The molecule has 0 saturated carbocycles. The Balaban J connectivity index is 1.92. The van der Waals surface area contributed by atoms with Crippen LogP contribution in [-0.2, 0) is 0 Å². The fraction of sp³-hybridized carbons (Fsp3) is 0.222. The second-order valence-electron chi connectivity index (χ2n) is 5.44. The molecule has 3 nitrogen and oxygen atoms in total. The first-order chi connectivity index (χ1) is 10.1. The van der Waals surface area contributed by atoms with Gasteiger partial charge in [-0.3, -0.25) is 9.59 Å². The minimum absolute atomic E-state index is 0.0925. The molecule has 2 aromatic carbocycles. The molecule has 0 saturated heterocycles. The summed E-state index contributed by atoms with van der Waals surface area (Å²) in [6.45, 7) is 3.91. The average Bonchev–Trinajstić information content (AvgIpc) is 2.72. The van der Waals surface area contributed by atoms with Crippen LogP contribution in [0, 0.1) is 0 Å². The van der Waals surface area contributed by atoms with Crippen LogP contribution in [0.25, 0.3) is 0 Å². The van der Waals surface area contributed by atoms with Gasteiger partial charge in [0.2, 0.25) is 0 Å². The molecule has 0 radical (unpaired) electrons. The van der Waals surface area contributed by atoms with Crippen molar-refractivity contribution in [2.24, 2.45) is 0 Å². The van der Waals surface area contributed by atoms with Gasteiger partial charge in [-0.25, -0.2) is 0 Å². The van der Waals surface area contributed by atoms with Gasteiger partial charge in [0, 0.05) is 11.1 Å². The Morgan fingerprint density at radius 3 is 1.86 bits per heavy atom. The number of benzene rings is 2. The number of ether oxygens (including phenoxy) is 1. The molecular formula is C18H16O3. The second kappa shape index (κ2) is 5.17.